The van der Waals surface area contributed by atoms with E-state index in [1.54, 1.807) is 12.1 Å². The van der Waals surface area contributed by atoms with Gasteiger partial charge in [-0.05, 0) is 43.9 Å². The first-order chi connectivity index (χ1) is 16.4. The van der Waals surface area contributed by atoms with E-state index in [1.165, 1.54) is 0 Å². The van der Waals surface area contributed by atoms with Gasteiger partial charge in [0.1, 0.15) is 11.9 Å². The minimum Gasteiger partial charge on any atom is -0.466 e. The highest BCUT2D eigenvalue weighted by atomic mass is 35.5. The van der Waals surface area contributed by atoms with Crippen LogP contribution in [0.1, 0.15) is 50.5 Å². The van der Waals surface area contributed by atoms with E-state index in [9.17, 15) is 9.59 Å². The molecule has 0 bridgehead atoms. The molecule has 0 aliphatic carbocycles. The van der Waals surface area contributed by atoms with Crippen molar-refractivity contribution in [3.63, 3.8) is 0 Å². The topological polar surface area (TPSA) is 64.4 Å². The molecule has 0 unspecified atom stereocenters. The fraction of sp³-hybridized carbons (Fsp3) is 0.423. The van der Waals surface area contributed by atoms with Crippen LogP contribution in [0.4, 0.5) is 0 Å². The molecule has 6 nitrogen and oxygen atoms in total. The van der Waals surface area contributed by atoms with Crippen LogP contribution in [0, 0.1) is 5.92 Å². The van der Waals surface area contributed by atoms with E-state index in [1.807, 2.05) is 53.6 Å². The molecule has 1 fully saturated rings. The second kappa shape index (κ2) is 10.8. The highest BCUT2D eigenvalue weighted by molar-refractivity contribution is 6.42. The zero-order valence-corrected chi connectivity index (χ0v) is 21.0. The van der Waals surface area contributed by atoms with Gasteiger partial charge in [0.05, 0.1) is 33.6 Å². The predicted octanol–water partition coefficient (Wildman–Crippen LogP) is 5.69. The van der Waals surface area contributed by atoms with Crippen molar-refractivity contribution in [2.75, 3.05) is 19.7 Å². The minimum absolute atomic E-state index is 0.0319. The van der Waals surface area contributed by atoms with Gasteiger partial charge in [0, 0.05) is 19.5 Å². The number of fused-ring (bicyclic) bond motifs is 1. The van der Waals surface area contributed by atoms with Gasteiger partial charge in [0.15, 0.2) is 0 Å². The number of piperidine rings is 1. The number of amides is 1. The van der Waals surface area contributed by atoms with Crippen molar-refractivity contribution in [3.05, 3.63) is 63.9 Å². The summed E-state index contributed by atoms with van der Waals surface area (Å²) in [5.41, 5.74) is 2.61. The summed E-state index contributed by atoms with van der Waals surface area (Å²) in [7, 11) is 0. The van der Waals surface area contributed by atoms with Gasteiger partial charge in [-0.3, -0.25) is 9.59 Å². The van der Waals surface area contributed by atoms with E-state index in [4.69, 9.17) is 32.9 Å². The molecule has 8 heteroatoms. The number of imidazole rings is 1. The van der Waals surface area contributed by atoms with E-state index in [2.05, 4.69) is 0 Å². The van der Waals surface area contributed by atoms with Crippen molar-refractivity contribution in [2.24, 2.45) is 5.92 Å². The van der Waals surface area contributed by atoms with E-state index in [-0.39, 0.29) is 17.8 Å². The number of rotatable bonds is 7. The van der Waals surface area contributed by atoms with Crippen LogP contribution in [0.15, 0.2) is 42.5 Å². The van der Waals surface area contributed by atoms with Crippen LogP contribution in [0.3, 0.4) is 0 Å². The third-order valence-electron chi connectivity index (χ3n) is 6.42. The van der Waals surface area contributed by atoms with Gasteiger partial charge in [-0.2, -0.15) is 0 Å². The quantitative estimate of drug-likeness (QED) is 0.390. The van der Waals surface area contributed by atoms with E-state index in [0.29, 0.717) is 60.9 Å². The summed E-state index contributed by atoms with van der Waals surface area (Å²) >= 11 is 12.6. The molecule has 1 aliphatic heterocycles. The number of likely N-dealkylation sites (tertiary alicyclic amines) is 1. The largest absolute Gasteiger partial charge is 0.466 e. The number of benzene rings is 2. The van der Waals surface area contributed by atoms with E-state index < -0.39 is 6.04 Å². The summed E-state index contributed by atoms with van der Waals surface area (Å²) in [6, 6.07) is 13.2. The summed E-state index contributed by atoms with van der Waals surface area (Å²) in [4.78, 5) is 32.6. The first-order valence-electron chi connectivity index (χ1n) is 11.8. The molecule has 0 N–H and O–H groups in total. The van der Waals surface area contributed by atoms with Gasteiger partial charge in [-0.1, -0.05) is 60.5 Å². The maximum absolute atomic E-state index is 13.7. The smallest absolute Gasteiger partial charge is 0.309 e. The van der Waals surface area contributed by atoms with Gasteiger partial charge in [0.25, 0.3) is 0 Å². The van der Waals surface area contributed by atoms with E-state index >= 15 is 0 Å². The van der Waals surface area contributed by atoms with Gasteiger partial charge < -0.3 is 14.2 Å². The van der Waals surface area contributed by atoms with Crippen LogP contribution in [-0.4, -0.2) is 46.0 Å². The summed E-state index contributed by atoms with van der Waals surface area (Å²) in [6.45, 7) is 5.26. The monoisotopic (exact) mass is 501 g/mol. The number of carbonyl (C=O) groups excluding carboxylic acids is 2. The molecule has 1 saturated heterocycles. The molecule has 2 heterocycles. The van der Waals surface area contributed by atoms with Gasteiger partial charge in [-0.15, -0.1) is 0 Å². The standard InChI is InChI=1S/C26H29Cl2N3O3/c1-3-22(25(32)30-12-10-18(11-13-30)26(33)34-4-2)31-23-16-20(28)19(27)15-21(23)29-24(31)14-17-8-6-5-7-9-17/h5-9,15-16,18,22H,3-4,10-14H2,1-2H3/t22-/m0/s1. The first-order valence-corrected chi connectivity index (χ1v) is 12.5. The minimum atomic E-state index is -0.430. The molecular formula is C26H29Cl2N3O3. The summed E-state index contributed by atoms with van der Waals surface area (Å²) in [5.74, 6) is 0.511. The first kappa shape index (κ1) is 24.6. The Balaban J connectivity index is 1.66. The molecule has 1 amide bonds. The average molecular weight is 502 g/mol. The number of ether oxygens (including phenoxy) is 1. The molecule has 0 spiro atoms. The lowest BCUT2D eigenvalue weighted by atomic mass is 9.96. The van der Waals surface area contributed by atoms with Crippen LogP contribution in [0.25, 0.3) is 11.0 Å². The fourth-order valence-electron chi connectivity index (χ4n) is 4.67. The Kier molecular flexibility index (Phi) is 7.79. The van der Waals surface area contributed by atoms with Crippen molar-refractivity contribution < 1.29 is 14.3 Å². The number of carbonyl (C=O) groups is 2. The Morgan fingerprint density at radius 3 is 2.41 bits per heavy atom. The molecule has 3 aromatic rings. The normalized spacial score (nSPS) is 15.5. The van der Waals surface area contributed by atoms with Crippen LogP contribution >= 0.6 is 23.2 Å². The third-order valence-corrected chi connectivity index (χ3v) is 7.14. The zero-order chi connectivity index (χ0) is 24.2. The van der Waals surface area contributed by atoms with E-state index in [0.717, 1.165) is 16.9 Å². The van der Waals surface area contributed by atoms with Crippen molar-refractivity contribution in [3.8, 4) is 0 Å². The van der Waals surface area contributed by atoms with Crippen molar-refractivity contribution in [1.82, 2.24) is 14.5 Å². The van der Waals surface area contributed by atoms with Crippen LogP contribution in [0.2, 0.25) is 10.0 Å². The number of esters is 1. The fourth-order valence-corrected chi connectivity index (χ4v) is 4.98. The van der Waals surface area contributed by atoms with Crippen molar-refractivity contribution in [1.29, 1.82) is 0 Å². The molecule has 0 radical (unpaired) electrons. The number of hydrogen-bond acceptors (Lipinski definition) is 4. The molecule has 180 valence electrons. The van der Waals surface area contributed by atoms with Crippen LogP contribution in [0.5, 0.6) is 0 Å². The molecule has 34 heavy (non-hydrogen) atoms. The number of hydrogen-bond donors (Lipinski definition) is 0. The zero-order valence-electron chi connectivity index (χ0n) is 19.5. The molecule has 1 aliphatic rings. The van der Waals surface area contributed by atoms with Gasteiger partial charge in [0.2, 0.25) is 5.91 Å². The lowest BCUT2D eigenvalue weighted by Crippen LogP contribution is -2.44. The summed E-state index contributed by atoms with van der Waals surface area (Å²) in [6.07, 6.45) is 2.41. The average Bonchev–Trinajstić information content (AvgIpc) is 3.17. The third kappa shape index (κ3) is 5.08. The SMILES string of the molecule is CCOC(=O)C1CCN(C(=O)[C@H](CC)n2c(Cc3ccccc3)nc3cc(Cl)c(Cl)cc32)CC1. The summed E-state index contributed by atoms with van der Waals surface area (Å²) < 4.78 is 7.19. The lowest BCUT2D eigenvalue weighted by molar-refractivity contribution is -0.151. The summed E-state index contributed by atoms with van der Waals surface area (Å²) in [5, 5.41) is 0.865. The number of halogens is 2. The lowest BCUT2D eigenvalue weighted by Gasteiger charge is -2.34. The molecule has 1 aromatic heterocycles. The Bertz CT molecular complexity index is 1170. The maximum Gasteiger partial charge on any atom is 0.309 e. The molecule has 4 rings (SSSR count). The number of aromatic nitrogens is 2. The second-order valence-corrected chi connectivity index (χ2v) is 9.41. The van der Waals surface area contributed by atoms with Crippen LogP contribution < -0.4 is 0 Å². The molecular weight excluding hydrogens is 473 g/mol. The predicted molar refractivity (Wildman–Crippen MR) is 134 cm³/mol. The number of nitrogens with zero attached hydrogens (tertiary/aromatic N) is 3. The Morgan fingerprint density at radius 1 is 1.09 bits per heavy atom. The van der Waals surface area contributed by atoms with Crippen LogP contribution in [-0.2, 0) is 20.7 Å². The Labute approximate surface area is 209 Å². The van der Waals surface area contributed by atoms with Gasteiger partial charge in [-0.25, -0.2) is 4.98 Å². The van der Waals surface area contributed by atoms with Gasteiger partial charge >= 0.3 is 5.97 Å². The highest BCUT2D eigenvalue weighted by Crippen LogP contribution is 2.33. The Hall–Kier alpha value is -2.57. The van der Waals surface area contributed by atoms with Crippen molar-refractivity contribution >= 4 is 46.1 Å². The maximum atomic E-state index is 13.7. The highest BCUT2D eigenvalue weighted by Gasteiger charge is 2.33. The molecule has 0 saturated carbocycles. The molecule has 1 atom stereocenters. The second-order valence-electron chi connectivity index (χ2n) is 8.59. The van der Waals surface area contributed by atoms with Crippen molar-refractivity contribution in [2.45, 2.75) is 45.6 Å². The Morgan fingerprint density at radius 2 is 1.76 bits per heavy atom. The molecule has 2 aromatic carbocycles.